The molecule has 0 fully saturated rings. The summed E-state index contributed by atoms with van der Waals surface area (Å²) in [4.78, 5) is 10.7. The fraction of sp³-hybridized carbons (Fsp3) is 0.262. The van der Waals surface area contributed by atoms with E-state index in [1.807, 2.05) is 24.4 Å². The van der Waals surface area contributed by atoms with Crippen LogP contribution in [-0.2, 0) is 37.3 Å². The second kappa shape index (κ2) is 19.8. The van der Waals surface area contributed by atoms with Crippen molar-refractivity contribution in [3.05, 3.63) is 192 Å². The zero-order valence-electron chi connectivity index (χ0n) is 43.6. The van der Waals surface area contributed by atoms with Crippen molar-refractivity contribution in [2.45, 2.75) is 111 Å². The van der Waals surface area contributed by atoms with Gasteiger partial charge in [0, 0.05) is 45.5 Å². The van der Waals surface area contributed by atoms with E-state index < -0.39 is 5.89 Å². The van der Waals surface area contributed by atoms with Gasteiger partial charge in [-0.15, -0.1) is 29.3 Å². The van der Waals surface area contributed by atoms with Crippen molar-refractivity contribution in [2.75, 3.05) is 0 Å². The van der Waals surface area contributed by atoms with Gasteiger partial charge in [0.25, 0.3) is 0 Å². The normalized spacial score (nSPS) is 12.5. The Kier molecular flexibility index (Phi) is 13.8. The number of phenolic OH excluding ortho intramolecular Hbond substituents is 1. The molecule has 0 amide bonds. The molecule has 0 atom stereocenters. The number of nitrogens with zero attached hydrogens (tertiary/aromatic N) is 3. The van der Waals surface area contributed by atoms with E-state index in [0.29, 0.717) is 11.4 Å². The largest absolute Gasteiger partial charge is 0.507 e. The molecule has 1 N–H and O–H groups in total. The third-order valence-electron chi connectivity index (χ3n) is 13.7. The van der Waals surface area contributed by atoms with Crippen LogP contribution in [0.5, 0.6) is 5.75 Å². The Balaban J connectivity index is 0.00000676. The number of aromatic hydroxyl groups is 1. The van der Waals surface area contributed by atoms with Crippen LogP contribution in [0.25, 0.3) is 83.9 Å². The zero-order valence-corrected chi connectivity index (χ0v) is 44.9. The van der Waals surface area contributed by atoms with Crippen molar-refractivity contribution in [3.8, 4) is 78.6 Å². The standard InChI is InChI=1S/C65H66N3O.Pt/c1-12-42(13-2)43-27-29-44(30-28-43)47-33-34-66-57(38-47)49-35-48(36-51(37-49)64(6,7)8)53-25-20-26-59-60(53)67-62(56-41-52(65(9,10)11)40-55(61(56)69)46-23-18-15-19-24-46)68(59)58-32-31-50(63(3,4)5)39-54(58)45-21-16-14-17-22-45;/h14-34,36-42,69H,12-13H2,1-11H3;/q-1;/i42D;. The third-order valence-corrected chi connectivity index (χ3v) is 13.7. The van der Waals surface area contributed by atoms with Gasteiger partial charge in [-0.1, -0.05) is 196 Å². The molecular formula is C65H66N3OPt-. The number of hydrogen-bond donors (Lipinski definition) is 1. The first-order chi connectivity index (χ1) is 33.3. The molecule has 0 saturated heterocycles. The Hall–Kier alpha value is -6.35. The van der Waals surface area contributed by atoms with Crippen LogP contribution in [0.1, 0.15) is 119 Å². The Morgan fingerprint density at radius 1 is 0.543 bits per heavy atom. The summed E-state index contributed by atoms with van der Waals surface area (Å²) in [5.41, 5.74) is 16.9. The van der Waals surface area contributed by atoms with Crippen LogP contribution < -0.4 is 0 Å². The molecule has 0 unspecified atom stereocenters. The van der Waals surface area contributed by atoms with Crippen molar-refractivity contribution in [2.24, 2.45) is 0 Å². The maximum Gasteiger partial charge on any atom is 0.148 e. The molecule has 2 heterocycles. The van der Waals surface area contributed by atoms with E-state index in [4.69, 9.17) is 11.3 Å². The summed E-state index contributed by atoms with van der Waals surface area (Å²) in [6.07, 6.45) is 3.41. The number of rotatable bonds is 10. The van der Waals surface area contributed by atoms with E-state index in [9.17, 15) is 5.11 Å². The van der Waals surface area contributed by atoms with Crippen molar-refractivity contribution in [1.29, 1.82) is 0 Å². The number of hydrogen-bond acceptors (Lipinski definition) is 3. The minimum Gasteiger partial charge on any atom is -0.507 e. The zero-order chi connectivity index (χ0) is 49.8. The molecule has 4 nitrogen and oxygen atoms in total. The predicted molar refractivity (Wildman–Crippen MR) is 291 cm³/mol. The van der Waals surface area contributed by atoms with Gasteiger partial charge >= 0.3 is 0 Å². The first-order valence-electron chi connectivity index (χ1n) is 25.1. The number of para-hydroxylation sites is 1. The quantitative estimate of drug-likeness (QED) is 0.139. The summed E-state index contributed by atoms with van der Waals surface area (Å²) in [5.74, 6) is 0.240. The van der Waals surface area contributed by atoms with Crippen LogP contribution in [0, 0.1) is 6.07 Å². The summed E-state index contributed by atoms with van der Waals surface area (Å²) < 4.78 is 11.3. The minimum atomic E-state index is -0.594. The summed E-state index contributed by atoms with van der Waals surface area (Å²) in [6, 6.07) is 59.3. The van der Waals surface area contributed by atoms with Crippen LogP contribution in [0.3, 0.4) is 0 Å². The van der Waals surface area contributed by atoms with Crippen LogP contribution >= 0.6 is 0 Å². The Bertz CT molecular complexity index is 3350. The van der Waals surface area contributed by atoms with Crippen LogP contribution in [0.2, 0.25) is 0 Å². The Labute approximate surface area is 432 Å². The van der Waals surface area contributed by atoms with Gasteiger partial charge < -0.3 is 5.11 Å². The summed E-state index contributed by atoms with van der Waals surface area (Å²) in [6.45, 7) is 24.3. The van der Waals surface area contributed by atoms with Gasteiger partial charge in [0.2, 0.25) is 0 Å². The van der Waals surface area contributed by atoms with Gasteiger partial charge in [-0.05, 0) is 110 Å². The van der Waals surface area contributed by atoms with Crippen LogP contribution in [0.15, 0.2) is 164 Å². The number of imidazole rings is 1. The number of pyridine rings is 1. The molecular weight excluding hydrogens is 1030 g/mol. The molecule has 358 valence electrons. The second-order valence-electron chi connectivity index (χ2n) is 21.6. The number of benzene rings is 7. The molecule has 0 spiro atoms. The summed E-state index contributed by atoms with van der Waals surface area (Å²) >= 11 is 0. The number of aromatic nitrogens is 3. The molecule has 70 heavy (non-hydrogen) atoms. The van der Waals surface area contributed by atoms with Crippen molar-refractivity contribution in [3.63, 3.8) is 0 Å². The first-order valence-corrected chi connectivity index (χ1v) is 24.6. The Morgan fingerprint density at radius 2 is 1.11 bits per heavy atom. The first kappa shape index (κ1) is 48.7. The number of fused-ring (bicyclic) bond motifs is 1. The maximum absolute atomic E-state index is 12.7. The molecule has 0 aliphatic rings. The smallest absolute Gasteiger partial charge is 0.148 e. The molecule has 0 saturated carbocycles. The predicted octanol–water partition coefficient (Wildman–Crippen LogP) is 17.7. The van der Waals surface area contributed by atoms with Crippen molar-refractivity contribution >= 4 is 11.0 Å². The second-order valence-corrected chi connectivity index (χ2v) is 21.6. The van der Waals surface area contributed by atoms with Gasteiger partial charge in [0.1, 0.15) is 11.6 Å². The average Bonchev–Trinajstić information content (AvgIpc) is 3.75. The third kappa shape index (κ3) is 9.99. The summed E-state index contributed by atoms with van der Waals surface area (Å²) in [5, 5.41) is 12.7. The fourth-order valence-electron chi connectivity index (χ4n) is 9.46. The average molecular weight is 1100 g/mol. The molecule has 0 radical (unpaired) electrons. The van der Waals surface area contributed by atoms with Crippen LogP contribution in [0.4, 0.5) is 0 Å². The van der Waals surface area contributed by atoms with Crippen LogP contribution in [-0.4, -0.2) is 19.6 Å². The molecule has 0 bridgehead atoms. The van der Waals surface area contributed by atoms with E-state index in [0.717, 1.165) is 102 Å². The monoisotopic (exact) mass is 1100 g/mol. The molecule has 5 heteroatoms. The SMILES string of the molecule is [2H]C(CC)(CC)c1ccc(-c2ccnc(-c3[c-]c(-c4cccc5c4nc(-c4cc(C(C)(C)C)cc(-c6ccccc6)c4O)n5-c4ccc(C(C)(C)C)cc4-c4ccccc4)cc(C(C)(C)C)c3)c2)cc1.[Pt]. The van der Waals surface area contributed by atoms with Crippen molar-refractivity contribution < 1.29 is 27.5 Å². The van der Waals surface area contributed by atoms with Gasteiger partial charge in [0.05, 0.1) is 22.3 Å². The molecule has 7 aromatic carbocycles. The van der Waals surface area contributed by atoms with Crippen molar-refractivity contribution in [1.82, 2.24) is 14.5 Å². The number of phenols is 1. The van der Waals surface area contributed by atoms with E-state index in [1.54, 1.807) is 0 Å². The minimum absolute atomic E-state index is 0. The maximum atomic E-state index is 12.7. The van der Waals surface area contributed by atoms with E-state index in [-0.39, 0.29) is 43.1 Å². The molecule has 9 rings (SSSR count). The summed E-state index contributed by atoms with van der Waals surface area (Å²) in [7, 11) is 0. The van der Waals surface area contributed by atoms with E-state index in [1.165, 1.54) is 5.56 Å². The van der Waals surface area contributed by atoms with Gasteiger partial charge in [-0.2, -0.15) is 0 Å². The van der Waals surface area contributed by atoms with E-state index in [2.05, 4.69) is 226 Å². The van der Waals surface area contributed by atoms with Gasteiger partial charge in [0.15, 0.2) is 0 Å². The molecule has 9 aromatic rings. The molecule has 2 aromatic heterocycles. The fourth-order valence-corrected chi connectivity index (χ4v) is 9.46. The topological polar surface area (TPSA) is 50.9 Å². The van der Waals surface area contributed by atoms with E-state index >= 15 is 0 Å². The molecule has 0 aliphatic carbocycles. The van der Waals surface area contributed by atoms with Gasteiger partial charge in [-0.25, -0.2) is 4.98 Å². The van der Waals surface area contributed by atoms with Gasteiger partial charge in [-0.3, -0.25) is 9.55 Å². The Morgan fingerprint density at radius 3 is 1.73 bits per heavy atom. The molecule has 0 aliphatic heterocycles.